The predicted molar refractivity (Wildman–Crippen MR) is 244 cm³/mol. The summed E-state index contributed by atoms with van der Waals surface area (Å²) in [7, 11) is 0. The van der Waals surface area contributed by atoms with Crippen LogP contribution in [0.1, 0.15) is 11.1 Å². The van der Waals surface area contributed by atoms with Crippen molar-refractivity contribution in [1.82, 2.24) is 9.97 Å². The average molecular weight is 745 g/mol. The van der Waals surface area contributed by atoms with Gasteiger partial charge in [-0.05, 0) is 120 Å². The van der Waals surface area contributed by atoms with Crippen LogP contribution in [0.25, 0.3) is 55.1 Å². The lowest BCUT2D eigenvalue weighted by atomic mass is 10.0. The summed E-state index contributed by atoms with van der Waals surface area (Å²) in [5, 5.41) is 4.82. The van der Waals surface area contributed by atoms with E-state index in [2.05, 4.69) is 230 Å². The van der Waals surface area contributed by atoms with E-state index in [9.17, 15) is 0 Å². The van der Waals surface area contributed by atoms with Crippen LogP contribution in [0.15, 0.2) is 206 Å². The number of nitrogens with zero attached hydrogens (tertiary/aromatic N) is 4. The van der Waals surface area contributed by atoms with Gasteiger partial charge in [0.15, 0.2) is 0 Å². The molecular weight excluding hydrogens is 705 g/mol. The number of rotatable bonds is 8. The van der Waals surface area contributed by atoms with Gasteiger partial charge in [-0.1, -0.05) is 127 Å². The van der Waals surface area contributed by atoms with Crippen LogP contribution < -0.4 is 9.80 Å². The fourth-order valence-electron chi connectivity index (χ4n) is 8.00. The van der Waals surface area contributed by atoms with E-state index in [1.54, 1.807) is 0 Å². The molecule has 9 aromatic carbocycles. The van der Waals surface area contributed by atoms with Gasteiger partial charge in [-0.15, -0.1) is 0 Å². The van der Waals surface area contributed by atoms with Crippen molar-refractivity contribution in [2.75, 3.05) is 9.80 Å². The van der Waals surface area contributed by atoms with Crippen LogP contribution in [0, 0.1) is 13.8 Å². The normalized spacial score (nSPS) is 11.3. The monoisotopic (exact) mass is 744 g/mol. The van der Waals surface area contributed by atoms with E-state index >= 15 is 0 Å². The van der Waals surface area contributed by atoms with Crippen LogP contribution in [0.3, 0.4) is 0 Å². The maximum Gasteiger partial charge on any atom is 0.0973 e. The highest BCUT2D eigenvalue weighted by atomic mass is 15.1. The van der Waals surface area contributed by atoms with Crippen LogP contribution in [-0.4, -0.2) is 9.97 Å². The Balaban J connectivity index is 1.08. The van der Waals surface area contributed by atoms with Gasteiger partial charge in [-0.3, -0.25) is 0 Å². The molecule has 4 nitrogen and oxygen atoms in total. The Kier molecular flexibility index (Phi) is 8.92. The Hall–Kier alpha value is -7.56. The molecule has 0 saturated carbocycles. The Morgan fingerprint density at radius 3 is 1.38 bits per heavy atom. The third kappa shape index (κ3) is 6.51. The lowest BCUT2D eigenvalue weighted by Gasteiger charge is -2.27. The number of para-hydroxylation sites is 2. The third-order valence-corrected chi connectivity index (χ3v) is 11.1. The third-order valence-electron chi connectivity index (χ3n) is 11.1. The summed E-state index contributed by atoms with van der Waals surface area (Å²) in [5.41, 5.74) is 14.4. The standard InChI is InChI=1S/C54H40N4/c1-37-34-50-51(35-38(37)2)56-54(42-27-31-47(32-28-42)58(45-20-7-4-8-21-45)52-23-13-17-40-15-11-12-22-49(40)52)53(55-50)41-25-29-46(30-26-41)57(44-18-5-3-6-19-44)48-33-24-39-14-9-10-16-43(39)36-48/h3-36H,1-2H3. The Bertz CT molecular complexity index is 3060. The molecule has 0 aliphatic carbocycles. The summed E-state index contributed by atoms with van der Waals surface area (Å²) >= 11 is 0. The van der Waals surface area contributed by atoms with Gasteiger partial charge in [-0.25, -0.2) is 9.97 Å². The summed E-state index contributed by atoms with van der Waals surface area (Å²) in [6, 6.07) is 73.2. The van der Waals surface area contributed by atoms with Crippen LogP contribution in [0.4, 0.5) is 34.1 Å². The quantitative estimate of drug-likeness (QED) is 0.155. The molecule has 4 heteroatoms. The van der Waals surface area contributed by atoms with E-state index in [1.165, 1.54) is 32.7 Å². The lowest BCUT2D eigenvalue weighted by molar-refractivity contribution is 1.25. The van der Waals surface area contributed by atoms with Crippen molar-refractivity contribution in [3.8, 4) is 22.5 Å². The van der Waals surface area contributed by atoms with Crippen molar-refractivity contribution in [3.63, 3.8) is 0 Å². The molecule has 58 heavy (non-hydrogen) atoms. The van der Waals surface area contributed by atoms with Gasteiger partial charge >= 0.3 is 0 Å². The Labute approximate surface area is 339 Å². The molecule has 0 unspecified atom stereocenters. The van der Waals surface area contributed by atoms with Crippen molar-refractivity contribution in [2.45, 2.75) is 13.8 Å². The minimum atomic E-state index is 0.848. The van der Waals surface area contributed by atoms with Crippen molar-refractivity contribution < 1.29 is 0 Å². The molecule has 0 spiro atoms. The molecule has 0 aliphatic heterocycles. The molecule has 0 N–H and O–H groups in total. The van der Waals surface area contributed by atoms with E-state index in [-0.39, 0.29) is 0 Å². The minimum absolute atomic E-state index is 0.848. The Morgan fingerprint density at radius 2 is 0.776 bits per heavy atom. The molecule has 0 radical (unpaired) electrons. The highest BCUT2D eigenvalue weighted by molar-refractivity contribution is 5.99. The maximum atomic E-state index is 5.35. The second-order valence-electron chi connectivity index (χ2n) is 14.8. The van der Waals surface area contributed by atoms with Gasteiger partial charge in [0, 0.05) is 45.0 Å². The summed E-state index contributed by atoms with van der Waals surface area (Å²) in [4.78, 5) is 15.3. The number of aromatic nitrogens is 2. The van der Waals surface area contributed by atoms with Gasteiger partial charge in [0.25, 0.3) is 0 Å². The first-order valence-electron chi connectivity index (χ1n) is 19.7. The van der Waals surface area contributed by atoms with Crippen molar-refractivity contribution in [1.29, 1.82) is 0 Å². The van der Waals surface area contributed by atoms with E-state index in [4.69, 9.17) is 9.97 Å². The zero-order chi connectivity index (χ0) is 39.0. The van der Waals surface area contributed by atoms with Gasteiger partial charge in [-0.2, -0.15) is 0 Å². The van der Waals surface area contributed by atoms with Crippen LogP contribution in [-0.2, 0) is 0 Å². The maximum absolute atomic E-state index is 5.35. The highest BCUT2D eigenvalue weighted by Gasteiger charge is 2.19. The molecule has 0 fully saturated rings. The first-order chi connectivity index (χ1) is 28.6. The van der Waals surface area contributed by atoms with Crippen LogP contribution >= 0.6 is 0 Å². The number of aryl methyl sites for hydroxylation is 2. The zero-order valence-electron chi connectivity index (χ0n) is 32.4. The zero-order valence-corrected chi connectivity index (χ0v) is 32.4. The molecule has 276 valence electrons. The molecule has 0 amide bonds. The fourth-order valence-corrected chi connectivity index (χ4v) is 8.00. The lowest BCUT2D eigenvalue weighted by Crippen LogP contribution is -2.10. The van der Waals surface area contributed by atoms with Crippen molar-refractivity contribution >= 4 is 66.7 Å². The molecular formula is C54H40N4. The molecule has 0 aliphatic rings. The molecule has 0 bridgehead atoms. The first-order valence-corrected chi connectivity index (χ1v) is 19.7. The van der Waals surface area contributed by atoms with E-state index < -0.39 is 0 Å². The number of anilines is 6. The van der Waals surface area contributed by atoms with Crippen molar-refractivity contribution in [3.05, 3.63) is 217 Å². The fraction of sp³-hybridized carbons (Fsp3) is 0.0370. The number of fused-ring (bicyclic) bond motifs is 3. The molecule has 0 saturated heterocycles. The van der Waals surface area contributed by atoms with Gasteiger partial charge in [0.05, 0.1) is 28.1 Å². The topological polar surface area (TPSA) is 32.3 Å². The van der Waals surface area contributed by atoms with Gasteiger partial charge < -0.3 is 9.80 Å². The van der Waals surface area contributed by atoms with Gasteiger partial charge in [0.2, 0.25) is 0 Å². The van der Waals surface area contributed by atoms with E-state index in [1.807, 2.05) is 0 Å². The largest absolute Gasteiger partial charge is 0.310 e. The van der Waals surface area contributed by atoms with Crippen molar-refractivity contribution in [2.24, 2.45) is 0 Å². The molecule has 10 aromatic rings. The highest BCUT2D eigenvalue weighted by Crippen LogP contribution is 2.41. The summed E-state index contributed by atoms with van der Waals surface area (Å²) < 4.78 is 0. The van der Waals surface area contributed by atoms with E-state index in [0.717, 1.165) is 67.7 Å². The summed E-state index contributed by atoms with van der Waals surface area (Å²) in [5.74, 6) is 0. The number of hydrogen-bond acceptors (Lipinski definition) is 4. The second-order valence-corrected chi connectivity index (χ2v) is 14.8. The molecule has 10 rings (SSSR count). The molecule has 0 atom stereocenters. The first kappa shape index (κ1) is 34.9. The predicted octanol–water partition coefficient (Wildman–Crippen LogP) is 14.8. The second kappa shape index (κ2) is 14.8. The number of benzene rings is 9. The average Bonchev–Trinajstić information content (AvgIpc) is 3.28. The molecule has 1 aromatic heterocycles. The van der Waals surface area contributed by atoms with Crippen LogP contribution in [0.2, 0.25) is 0 Å². The minimum Gasteiger partial charge on any atom is -0.310 e. The smallest absolute Gasteiger partial charge is 0.0973 e. The van der Waals surface area contributed by atoms with Crippen LogP contribution in [0.5, 0.6) is 0 Å². The van der Waals surface area contributed by atoms with Gasteiger partial charge in [0.1, 0.15) is 0 Å². The Morgan fingerprint density at radius 1 is 0.328 bits per heavy atom. The SMILES string of the molecule is Cc1cc2nc(-c3ccc(N(c4ccccc4)c4ccc5ccccc5c4)cc3)c(-c3ccc(N(c4ccccc4)c4cccc5ccccc45)cc3)nc2cc1C. The van der Waals surface area contributed by atoms with E-state index in [0.29, 0.717) is 0 Å². The molecule has 1 heterocycles. The summed E-state index contributed by atoms with van der Waals surface area (Å²) in [6.45, 7) is 4.27. The number of hydrogen-bond donors (Lipinski definition) is 0. The summed E-state index contributed by atoms with van der Waals surface area (Å²) in [6.07, 6.45) is 0.